The van der Waals surface area contributed by atoms with Gasteiger partial charge in [0.25, 0.3) is 0 Å². The van der Waals surface area contributed by atoms with Gasteiger partial charge in [-0.1, -0.05) is 58.4 Å². The SMILES string of the molecule is CCCCC(CCCC)Cc1ccc(-c2cccs2)s1. The Morgan fingerprint density at radius 1 is 0.950 bits per heavy atom. The zero-order valence-corrected chi connectivity index (χ0v) is 14.4. The summed E-state index contributed by atoms with van der Waals surface area (Å²) in [5, 5.41) is 2.17. The van der Waals surface area contributed by atoms with E-state index in [0.29, 0.717) is 0 Å². The van der Waals surface area contributed by atoms with E-state index in [0.717, 1.165) is 5.92 Å². The van der Waals surface area contributed by atoms with E-state index in [9.17, 15) is 0 Å². The van der Waals surface area contributed by atoms with Crippen molar-refractivity contribution < 1.29 is 0 Å². The van der Waals surface area contributed by atoms with E-state index in [-0.39, 0.29) is 0 Å². The maximum atomic E-state index is 2.35. The fourth-order valence-electron chi connectivity index (χ4n) is 2.66. The molecular weight excluding hydrogens is 280 g/mol. The second-order valence-corrected chi connectivity index (χ2v) is 7.71. The molecule has 0 nitrogen and oxygen atoms in total. The summed E-state index contributed by atoms with van der Waals surface area (Å²) < 4.78 is 0. The highest BCUT2D eigenvalue weighted by atomic mass is 32.1. The maximum Gasteiger partial charge on any atom is 0.0445 e. The molecule has 0 aliphatic carbocycles. The van der Waals surface area contributed by atoms with Crippen molar-refractivity contribution in [3.05, 3.63) is 34.5 Å². The van der Waals surface area contributed by atoms with Crippen LogP contribution in [0.4, 0.5) is 0 Å². The summed E-state index contributed by atoms with van der Waals surface area (Å²) in [7, 11) is 0. The van der Waals surface area contributed by atoms with Crippen molar-refractivity contribution >= 4 is 22.7 Å². The highest BCUT2D eigenvalue weighted by molar-refractivity contribution is 7.21. The molecule has 2 heterocycles. The lowest BCUT2D eigenvalue weighted by atomic mass is 9.92. The normalized spacial score (nSPS) is 11.3. The molecule has 0 aliphatic heterocycles. The van der Waals surface area contributed by atoms with Crippen LogP contribution in [0, 0.1) is 5.92 Å². The Kier molecular flexibility index (Phi) is 6.81. The van der Waals surface area contributed by atoms with Gasteiger partial charge in [0.05, 0.1) is 0 Å². The third kappa shape index (κ3) is 4.75. The van der Waals surface area contributed by atoms with Gasteiger partial charge in [-0.15, -0.1) is 22.7 Å². The molecule has 0 N–H and O–H groups in total. The van der Waals surface area contributed by atoms with Gasteiger partial charge in [0, 0.05) is 14.6 Å². The Hall–Kier alpha value is -0.600. The second kappa shape index (κ2) is 8.63. The van der Waals surface area contributed by atoms with E-state index in [2.05, 4.69) is 43.5 Å². The van der Waals surface area contributed by atoms with E-state index in [1.54, 1.807) is 4.88 Å². The van der Waals surface area contributed by atoms with Crippen molar-refractivity contribution in [2.45, 2.75) is 58.8 Å². The van der Waals surface area contributed by atoms with Crippen LogP contribution < -0.4 is 0 Å². The molecular formula is C18H26S2. The molecule has 0 aliphatic rings. The summed E-state index contributed by atoms with van der Waals surface area (Å²) in [6.07, 6.45) is 9.53. The van der Waals surface area contributed by atoms with E-state index in [1.165, 1.54) is 54.7 Å². The van der Waals surface area contributed by atoms with Crippen molar-refractivity contribution in [3.63, 3.8) is 0 Å². The molecule has 110 valence electrons. The number of hydrogen-bond donors (Lipinski definition) is 0. The van der Waals surface area contributed by atoms with Gasteiger partial charge in [-0.3, -0.25) is 0 Å². The largest absolute Gasteiger partial charge is 0.143 e. The first-order valence-electron chi connectivity index (χ1n) is 7.96. The summed E-state index contributed by atoms with van der Waals surface area (Å²) in [5.74, 6) is 0.893. The molecule has 0 bridgehead atoms. The van der Waals surface area contributed by atoms with Gasteiger partial charge in [-0.2, -0.15) is 0 Å². The molecule has 0 saturated heterocycles. The monoisotopic (exact) mass is 306 g/mol. The molecule has 0 aromatic carbocycles. The molecule has 0 unspecified atom stereocenters. The van der Waals surface area contributed by atoms with Gasteiger partial charge < -0.3 is 0 Å². The number of hydrogen-bond acceptors (Lipinski definition) is 2. The first-order chi connectivity index (χ1) is 9.83. The summed E-state index contributed by atoms with van der Waals surface area (Å²) in [6.45, 7) is 4.60. The van der Waals surface area contributed by atoms with E-state index in [1.807, 2.05) is 22.7 Å². The van der Waals surface area contributed by atoms with Crippen LogP contribution in [0.5, 0.6) is 0 Å². The van der Waals surface area contributed by atoms with Crippen LogP contribution in [-0.4, -0.2) is 0 Å². The molecule has 0 saturated carbocycles. The maximum absolute atomic E-state index is 2.35. The van der Waals surface area contributed by atoms with Gasteiger partial charge >= 0.3 is 0 Å². The summed E-state index contributed by atoms with van der Waals surface area (Å²) in [4.78, 5) is 4.44. The fraction of sp³-hybridized carbons (Fsp3) is 0.556. The van der Waals surface area contributed by atoms with Crippen molar-refractivity contribution in [1.82, 2.24) is 0 Å². The highest BCUT2D eigenvalue weighted by Gasteiger charge is 2.11. The van der Waals surface area contributed by atoms with Gasteiger partial charge in [0.2, 0.25) is 0 Å². The highest BCUT2D eigenvalue weighted by Crippen LogP contribution is 2.33. The first kappa shape index (κ1) is 15.8. The van der Waals surface area contributed by atoms with Crippen molar-refractivity contribution in [3.8, 4) is 9.75 Å². The van der Waals surface area contributed by atoms with Crippen LogP contribution in [0.3, 0.4) is 0 Å². The Bertz CT molecular complexity index is 459. The minimum absolute atomic E-state index is 0.893. The Morgan fingerprint density at radius 2 is 1.70 bits per heavy atom. The third-order valence-electron chi connectivity index (χ3n) is 3.85. The predicted molar refractivity (Wildman–Crippen MR) is 93.9 cm³/mol. The van der Waals surface area contributed by atoms with Crippen LogP contribution in [0.25, 0.3) is 9.75 Å². The lowest BCUT2D eigenvalue weighted by Crippen LogP contribution is -2.03. The molecule has 0 radical (unpaired) electrons. The minimum Gasteiger partial charge on any atom is -0.143 e. The minimum atomic E-state index is 0.893. The topological polar surface area (TPSA) is 0 Å². The Balaban J connectivity index is 1.95. The Labute approximate surface area is 131 Å². The molecule has 0 atom stereocenters. The molecule has 0 amide bonds. The van der Waals surface area contributed by atoms with E-state index >= 15 is 0 Å². The van der Waals surface area contributed by atoms with Crippen LogP contribution in [0.1, 0.15) is 57.2 Å². The second-order valence-electron chi connectivity index (χ2n) is 5.60. The van der Waals surface area contributed by atoms with Crippen LogP contribution >= 0.6 is 22.7 Å². The molecule has 0 spiro atoms. The molecule has 2 aromatic rings. The van der Waals surface area contributed by atoms with Crippen molar-refractivity contribution in [2.75, 3.05) is 0 Å². The summed E-state index contributed by atoms with van der Waals surface area (Å²) >= 11 is 3.84. The van der Waals surface area contributed by atoms with E-state index in [4.69, 9.17) is 0 Å². The predicted octanol–water partition coefficient (Wildman–Crippen LogP) is 7.02. The zero-order chi connectivity index (χ0) is 14.2. The van der Waals surface area contributed by atoms with Gasteiger partial charge in [0.1, 0.15) is 0 Å². The zero-order valence-electron chi connectivity index (χ0n) is 12.7. The number of thiophene rings is 2. The van der Waals surface area contributed by atoms with Crippen molar-refractivity contribution in [1.29, 1.82) is 0 Å². The molecule has 0 fully saturated rings. The molecule has 2 heteroatoms. The lowest BCUT2D eigenvalue weighted by Gasteiger charge is -2.15. The van der Waals surface area contributed by atoms with Gasteiger partial charge in [-0.05, 0) is 35.9 Å². The summed E-state index contributed by atoms with van der Waals surface area (Å²) in [6, 6.07) is 9.03. The number of unbranched alkanes of at least 4 members (excludes halogenated alkanes) is 2. The fourth-order valence-corrected chi connectivity index (χ4v) is 4.61. The average molecular weight is 307 g/mol. The molecule has 20 heavy (non-hydrogen) atoms. The van der Waals surface area contributed by atoms with Gasteiger partial charge in [0.15, 0.2) is 0 Å². The standard InChI is InChI=1S/C18H26S2/c1-3-5-8-15(9-6-4-2)14-16-11-12-18(20-16)17-10-7-13-19-17/h7,10-13,15H,3-6,8-9,14H2,1-2H3. The molecule has 2 rings (SSSR count). The van der Waals surface area contributed by atoms with Gasteiger partial charge in [-0.25, -0.2) is 0 Å². The van der Waals surface area contributed by atoms with Crippen LogP contribution in [0.15, 0.2) is 29.6 Å². The van der Waals surface area contributed by atoms with Crippen LogP contribution in [-0.2, 0) is 6.42 Å². The first-order valence-corrected chi connectivity index (χ1v) is 9.65. The Morgan fingerprint density at radius 3 is 2.30 bits per heavy atom. The van der Waals surface area contributed by atoms with Crippen molar-refractivity contribution in [2.24, 2.45) is 5.92 Å². The summed E-state index contributed by atoms with van der Waals surface area (Å²) in [5.41, 5.74) is 0. The third-order valence-corrected chi connectivity index (χ3v) is 6.02. The number of rotatable bonds is 9. The smallest absolute Gasteiger partial charge is 0.0445 e. The average Bonchev–Trinajstić information content (AvgIpc) is 3.12. The van der Waals surface area contributed by atoms with E-state index < -0.39 is 0 Å². The quantitative estimate of drug-likeness (QED) is 0.467. The van der Waals surface area contributed by atoms with Crippen LogP contribution in [0.2, 0.25) is 0 Å². The molecule has 2 aromatic heterocycles. The lowest BCUT2D eigenvalue weighted by molar-refractivity contribution is 0.419.